The van der Waals surface area contributed by atoms with Gasteiger partial charge in [-0.1, -0.05) is 0 Å². The van der Waals surface area contributed by atoms with Gasteiger partial charge in [-0.2, -0.15) is 0 Å². The van der Waals surface area contributed by atoms with Gasteiger partial charge in [0.15, 0.2) is 0 Å². The van der Waals surface area contributed by atoms with Crippen molar-refractivity contribution in [1.82, 2.24) is 19.4 Å². The molecule has 7 nitrogen and oxygen atoms in total. The Morgan fingerprint density at radius 3 is 2.93 bits per heavy atom. The van der Waals surface area contributed by atoms with E-state index in [-0.39, 0.29) is 5.91 Å². The van der Waals surface area contributed by atoms with E-state index in [9.17, 15) is 4.79 Å². The number of carbonyl (C=O) groups is 1. The van der Waals surface area contributed by atoms with E-state index in [4.69, 9.17) is 4.74 Å². The molecule has 1 aliphatic rings. The number of pyridine rings is 1. The molecule has 0 saturated carbocycles. The summed E-state index contributed by atoms with van der Waals surface area (Å²) in [6.07, 6.45) is 7.80. The maximum atomic E-state index is 12.2. The predicted molar refractivity (Wildman–Crippen MR) is 105 cm³/mol. The fraction of sp³-hybridized carbons (Fsp3) is 0.550. The lowest BCUT2D eigenvalue weighted by Crippen LogP contribution is -2.36. The van der Waals surface area contributed by atoms with Gasteiger partial charge in [0.05, 0.1) is 12.2 Å². The number of aromatic nitrogens is 3. The highest BCUT2D eigenvalue weighted by atomic mass is 16.5. The van der Waals surface area contributed by atoms with Gasteiger partial charge in [-0.15, -0.1) is 0 Å². The van der Waals surface area contributed by atoms with Crippen molar-refractivity contribution in [1.29, 1.82) is 0 Å². The minimum Gasteiger partial charge on any atom is -0.383 e. The van der Waals surface area contributed by atoms with Crippen LogP contribution in [0, 0.1) is 0 Å². The number of ether oxygens (including phenoxy) is 1. The van der Waals surface area contributed by atoms with Crippen LogP contribution in [0.5, 0.6) is 0 Å². The largest absolute Gasteiger partial charge is 0.383 e. The van der Waals surface area contributed by atoms with Crippen LogP contribution < -0.4 is 4.90 Å². The average molecular weight is 371 g/mol. The molecule has 3 heterocycles. The van der Waals surface area contributed by atoms with E-state index < -0.39 is 0 Å². The Morgan fingerprint density at radius 2 is 2.22 bits per heavy atom. The van der Waals surface area contributed by atoms with Gasteiger partial charge in [0.1, 0.15) is 11.6 Å². The van der Waals surface area contributed by atoms with Crippen molar-refractivity contribution in [2.24, 2.45) is 0 Å². The van der Waals surface area contributed by atoms with Gasteiger partial charge in [-0.25, -0.2) is 9.97 Å². The maximum absolute atomic E-state index is 12.2. The van der Waals surface area contributed by atoms with Crippen LogP contribution in [0.25, 0.3) is 0 Å². The Bertz CT molecular complexity index is 743. The molecule has 1 saturated heterocycles. The van der Waals surface area contributed by atoms with Crippen molar-refractivity contribution in [2.45, 2.75) is 32.2 Å². The van der Waals surface area contributed by atoms with Crippen molar-refractivity contribution in [3.8, 4) is 0 Å². The Balaban J connectivity index is 1.69. The summed E-state index contributed by atoms with van der Waals surface area (Å²) in [6.45, 7) is 6.02. The Hall–Kier alpha value is -2.41. The van der Waals surface area contributed by atoms with Crippen molar-refractivity contribution in [2.75, 3.05) is 45.3 Å². The average Bonchev–Trinajstić information content (AvgIpc) is 3.20. The first-order valence-corrected chi connectivity index (χ1v) is 9.60. The van der Waals surface area contributed by atoms with Gasteiger partial charge >= 0.3 is 0 Å². The highest BCUT2D eigenvalue weighted by Crippen LogP contribution is 2.28. The number of imidazole rings is 1. The molecule has 0 bridgehead atoms. The van der Waals surface area contributed by atoms with Crippen LogP contribution in [0.1, 0.15) is 41.9 Å². The summed E-state index contributed by atoms with van der Waals surface area (Å²) in [5.41, 5.74) is 0.631. The minimum absolute atomic E-state index is 0.00763. The van der Waals surface area contributed by atoms with E-state index in [1.54, 1.807) is 25.3 Å². The summed E-state index contributed by atoms with van der Waals surface area (Å²) in [4.78, 5) is 25.4. The molecule has 2 aromatic heterocycles. The number of carbonyl (C=O) groups excluding carboxylic acids is 1. The van der Waals surface area contributed by atoms with Gasteiger partial charge in [0.2, 0.25) is 0 Å². The van der Waals surface area contributed by atoms with Crippen LogP contribution in [-0.4, -0.2) is 65.7 Å². The van der Waals surface area contributed by atoms with Crippen LogP contribution >= 0.6 is 0 Å². The Labute approximate surface area is 161 Å². The molecule has 1 atom stereocenters. The lowest BCUT2D eigenvalue weighted by molar-refractivity contribution is 0.0802. The molecule has 3 rings (SSSR count). The van der Waals surface area contributed by atoms with Crippen molar-refractivity contribution >= 4 is 11.7 Å². The first-order valence-electron chi connectivity index (χ1n) is 9.60. The van der Waals surface area contributed by atoms with Crippen LogP contribution in [0.2, 0.25) is 0 Å². The number of hydrogen-bond donors (Lipinski definition) is 0. The monoisotopic (exact) mass is 371 g/mol. The summed E-state index contributed by atoms with van der Waals surface area (Å²) in [7, 11) is 3.52. The summed E-state index contributed by atoms with van der Waals surface area (Å²) < 4.78 is 7.39. The van der Waals surface area contributed by atoms with Gasteiger partial charge in [0, 0.05) is 64.8 Å². The molecule has 1 fully saturated rings. The first kappa shape index (κ1) is 19.4. The van der Waals surface area contributed by atoms with Crippen LogP contribution in [-0.2, 0) is 11.3 Å². The van der Waals surface area contributed by atoms with Gasteiger partial charge in [0.25, 0.3) is 5.91 Å². The van der Waals surface area contributed by atoms with Crippen LogP contribution in [0.15, 0.2) is 30.7 Å². The molecule has 0 radical (unpaired) electrons. The van der Waals surface area contributed by atoms with Crippen LogP contribution in [0.3, 0.4) is 0 Å². The van der Waals surface area contributed by atoms with Crippen LogP contribution in [0.4, 0.5) is 5.82 Å². The zero-order valence-electron chi connectivity index (χ0n) is 16.5. The molecule has 146 valence electrons. The van der Waals surface area contributed by atoms with E-state index in [0.29, 0.717) is 24.6 Å². The van der Waals surface area contributed by atoms with Gasteiger partial charge in [-0.3, -0.25) is 4.79 Å². The predicted octanol–water partition coefficient (Wildman–Crippen LogP) is 2.40. The third-order valence-electron chi connectivity index (χ3n) is 5.21. The number of amides is 1. The molecule has 0 aliphatic carbocycles. The molecule has 0 N–H and O–H groups in total. The Kier molecular flexibility index (Phi) is 6.45. The second kappa shape index (κ2) is 8.99. The normalized spacial score (nSPS) is 17.1. The second-order valence-corrected chi connectivity index (χ2v) is 6.98. The maximum Gasteiger partial charge on any atom is 0.255 e. The molecule has 27 heavy (non-hydrogen) atoms. The molecule has 0 spiro atoms. The number of piperidine rings is 1. The lowest BCUT2D eigenvalue weighted by Gasteiger charge is -2.33. The highest BCUT2D eigenvalue weighted by molar-refractivity contribution is 5.93. The molecule has 1 aliphatic heterocycles. The van der Waals surface area contributed by atoms with Gasteiger partial charge in [-0.05, 0) is 31.9 Å². The molecule has 0 unspecified atom stereocenters. The highest BCUT2D eigenvalue weighted by Gasteiger charge is 2.25. The zero-order valence-corrected chi connectivity index (χ0v) is 16.5. The van der Waals surface area contributed by atoms with E-state index in [2.05, 4.69) is 19.4 Å². The van der Waals surface area contributed by atoms with E-state index >= 15 is 0 Å². The first-order chi connectivity index (χ1) is 13.1. The SMILES string of the molecule is CCN(C)C(=O)c1ccc(N2CCC[C@H](c3nccn3CCOC)C2)nc1. The molecule has 2 aromatic rings. The standard InChI is InChI=1S/C20H29N5O2/c1-4-23(2)20(26)16-7-8-18(22-14-16)25-10-5-6-17(15-25)19-21-9-11-24(19)12-13-27-3/h7-9,11,14,17H,4-6,10,12-13,15H2,1-3H3/t17-/m0/s1. The third-order valence-corrected chi connectivity index (χ3v) is 5.21. The van der Waals surface area contributed by atoms with E-state index in [1.165, 1.54) is 0 Å². The fourth-order valence-electron chi connectivity index (χ4n) is 3.52. The van der Waals surface area contributed by atoms with E-state index in [0.717, 1.165) is 44.1 Å². The van der Waals surface area contributed by atoms with Crippen molar-refractivity contribution < 1.29 is 9.53 Å². The number of nitrogens with zero attached hydrogens (tertiary/aromatic N) is 5. The quantitative estimate of drug-likeness (QED) is 0.748. The zero-order chi connectivity index (χ0) is 19.2. The topological polar surface area (TPSA) is 63.5 Å². The minimum atomic E-state index is 0.00763. The number of anilines is 1. The van der Waals surface area contributed by atoms with E-state index in [1.807, 2.05) is 31.5 Å². The molecular formula is C20H29N5O2. The summed E-state index contributed by atoms with van der Waals surface area (Å²) in [5.74, 6) is 2.42. The molecular weight excluding hydrogens is 342 g/mol. The Morgan fingerprint density at radius 1 is 1.37 bits per heavy atom. The molecule has 1 amide bonds. The summed E-state index contributed by atoms with van der Waals surface area (Å²) in [6, 6.07) is 3.83. The van der Waals surface area contributed by atoms with Crippen molar-refractivity contribution in [3.05, 3.63) is 42.1 Å². The lowest BCUT2D eigenvalue weighted by atomic mass is 9.97. The molecule has 7 heteroatoms. The third kappa shape index (κ3) is 4.47. The van der Waals surface area contributed by atoms with Gasteiger partial charge < -0.3 is 19.1 Å². The smallest absolute Gasteiger partial charge is 0.255 e. The number of rotatable bonds is 7. The summed E-state index contributed by atoms with van der Waals surface area (Å²) >= 11 is 0. The fourth-order valence-corrected chi connectivity index (χ4v) is 3.52. The van der Waals surface area contributed by atoms with Crippen molar-refractivity contribution in [3.63, 3.8) is 0 Å². The number of hydrogen-bond acceptors (Lipinski definition) is 5. The number of methoxy groups -OCH3 is 1. The molecule has 0 aromatic carbocycles. The summed E-state index contributed by atoms with van der Waals surface area (Å²) in [5, 5.41) is 0. The second-order valence-electron chi connectivity index (χ2n) is 6.98.